The Bertz CT molecular complexity index is 264. The van der Waals surface area contributed by atoms with Gasteiger partial charge >= 0.3 is 0 Å². The van der Waals surface area contributed by atoms with Gasteiger partial charge in [-0.15, -0.1) is 0 Å². The molecule has 0 N–H and O–H groups in total. The van der Waals surface area contributed by atoms with Gasteiger partial charge in [0.1, 0.15) is 5.78 Å². The maximum Gasteiger partial charge on any atom is 0.143 e. The van der Waals surface area contributed by atoms with Gasteiger partial charge in [0, 0.05) is 11.8 Å². The summed E-state index contributed by atoms with van der Waals surface area (Å²) in [5, 5.41) is 0. The Hall–Kier alpha value is -0.590. The predicted molar refractivity (Wildman–Crippen MR) is 53.4 cm³/mol. The highest BCUT2D eigenvalue weighted by atomic mass is 16.1. The molecule has 72 valence electrons. The van der Waals surface area contributed by atoms with Crippen LogP contribution in [0.1, 0.15) is 46.0 Å². The predicted octanol–water partition coefficient (Wildman–Crippen LogP) is 3.10. The molecule has 13 heavy (non-hydrogen) atoms. The SMILES string of the molecule is CC1=C[C@@]2(CC1)C(=O)CCC[C@H]2C. The van der Waals surface area contributed by atoms with Crippen molar-refractivity contribution in [2.75, 3.05) is 0 Å². The second-order valence-electron chi connectivity index (χ2n) is 4.75. The van der Waals surface area contributed by atoms with E-state index in [4.69, 9.17) is 0 Å². The molecule has 0 aromatic heterocycles. The smallest absolute Gasteiger partial charge is 0.143 e. The van der Waals surface area contributed by atoms with Gasteiger partial charge in [-0.25, -0.2) is 0 Å². The minimum Gasteiger partial charge on any atom is -0.299 e. The number of ketones is 1. The van der Waals surface area contributed by atoms with Crippen LogP contribution in [0.25, 0.3) is 0 Å². The average Bonchev–Trinajstić information content (AvgIpc) is 2.46. The normalized spacial score (nSPS) is 39.7. The molecule has 2 rings (SSSR count). The molecule has 0 bridgehead atoms. The summed E-state index contributed by atoms with van der Waals surface area (Å²) in [6.45, 7) is 4.40. The average molecular weight is 178 g/mol. The van der Waals surface area contributed by atoms with Gasteiger partial charge in [0.2, 0.25) is 0 Å². The Balaban J connectivity index is 2.32. The zero-order valence-corrected chi connectivity index (χ0v) is 8.60. The molecule has 2 aliphatic rings. The van der Waals surface area contributed by atoms with Crippen molar-refractivity contribution in [1.82, 2.24) is 0 Å². The van der Waals surface area contributed by atoms with E-state index in [1.165, 1.54) is 12.0 Å². The summed E-state index contributed by atoms with van der Waals surface area (Å²) in [5.74, 6) is 1.08. The van der Waals surface area contributed by atoms with Gasteiger partial charge in [0.15, 0.2) is 0 Å². The zero-order chi connectivity index (χ0) is 9.47. The van der Waals surface area contributed by atoms with Crippen molar-refractivity contribution < 1.29 is 4.79 Å². The fourth-order valence-corrected chi connectivity index (χ4v) is 2.93. The molecule has 0 aliphatic heterocycles. The fourth-order valence-electron chi connectivity index (χ4n) is 2.93. The van der Waals surface area contributed by atoms with Gasteiger partial charge in [0.05, 0.1) is 0 Å². The van der Waals surface area contributed by atoms with Gasteiger partial charge in [-0.1, -0.05) is 18.6 Å². The summed E-state index contributed by atoms with van der Waals surface area (Å²) < 4.78 is 0. The van der Waals surface area contributed by atoms with Crippen molar-refractivity contribution in [1.29, 1.82) is 0 Å². The molecule has 1 heteroatoms. The molecular formula is C12H18O. The Morgan fingerprint density at radius 1 is 1.46 bits per heavy atom. The van der Waals surface area contributed by atoms with E-state index in [1.807, 2.05) is 0 Å². The second-order valence-corrected chi connectivity index (χ2v) is 4.75. The molecule has 1 saturated carbocycles. The van der Waals surface area contributed by atoms with E-state index in [0.717, 1.165) is 25.7 Å². The second kappa shape index (κ2) is 2.97. The third-order valence-corrected chi connectivity index (χ3v) is 3.88. The Labute approximate surface area is 80.2 Å². The van der Waals surface area contributed by atoms with E-state index in [9.17, 15) is 4.79 Å². The number of Topliss-reactive ketones (excluding diaryl/α,β-unsaturated/α-hetero) is 1. The zero-order valence-electron chi connectivity index (χ0n) is 8.60. The molecule has 2 atom stereocenters. The number of rotatable bonds is 0. The summed E-state index contributed by atoms with van der Waals surface area (Å²) in [6.07, 6.45) is 7.63. The van der Waals surface area contributed by atoms with Crippen LogP contribution in [0, 0.1) is 11.3 Å². The Morgan fingerprint density at radius 2 is 2.23 bits per heavy atom. The largest absolute Gasteiger partial charge is 0.299 e. The number of carbonyl (C=O) groups is 1. The van der Waals surface area contributed by atoms with E-state index in [1.54, 1.807) is 0 Å². The van der Waals surface area contributed by atoms with E-state index < -0.39 is 0 Å². The summed E-state index contributed by atoms with van der Waals surface area (Å²) in [7, 11) is 0. The first-order chi connectivity index (χ1) is 6.15. The molecule has 1 spiro atoms. The quantitative estimate of drug-likeness (QED) is 0.521. The van der Waals surface area contributed by atoms with Crippen molar-refractivity contribution >= 4 is 5.78 Å². The lowest BCUT2D eigenvalue weighted by Crippen LogP contribution is -2.37. The van der Waals surface area contributed by atoms with Crippen molar-refractivity contribution in [2.45, 2.75) is 46.0 Å². The highest BCUT2D eigenvalue weighted by Crippen LogP contribution is 2.48. The molecule has 0 radical (unpaired) electrons. The minimum absolute atomic E-state index is 0.0394. The molecule has 0 amide bonds. The molecule has 0 saturated heterocycles. The van der Waals surface area contributed by atoms with Crippen LogP contribution in [0.2, 0.25) is 0 Å². The first-order valence-electron chi connectivity index (χ1n) is 5.37. The van der Waals surface area contributed by atoms with Gasteiger partial charge in [-0.2, -0.15) is 0 Å². The van der Waals surface area contributed by atoms with Crippen LogP contribution in [-0.4, -0.2) is 5.78 Å². The van der Waals surface area contributed by atoms with Gasteiger partial charge < -0.3 is 0 Å². The maximum atomic E-state index is 11.9. The van der Waals surface area contributed by atoms with Crippen LogP contribution in [0.5, 0.6) is 0 Å². The Morgan fingerprint density at radius 3 is 2.77 bits per heavy atom. The van der Waals surface area contributed by atoms with E-state index in [2.05, 4.69) is 19.9 Å². The third kappa shape index (κ3) is 1.25. The monoisotopic (exact) mass is 178 g/mol. The molecular weight excluding hydrogens is 160 g/mol. The van der Waals surface area contributed by atoms with Gasteiger partial charge in [-0.3, -0.25) is 4.79 Å². The van der Waals surface area contributed by atoms with Crippen molar-refractivity contribution in [3.8, 4) is 0 Å². The number of hydrogen-bond acceptors (Lipinski definition) is 1. The number of allylic oxidation sites excluding steroid dienone is 2. The summed E-state index contributed by atoms with van der Waals surface area (Å²) in [5.41, 5.74) is 1.38. The molecule has 0 aromatic carbocycles. The van der Waals surface area contributed by atoms with Crippen molar-refractivity contribution in [3.05, 3.63) is 11.6 Å². The maximum absolute atomic E-state index is 11.9. The van der Waals surface area contributed by atoms with Gasteiger partial charge in [0.25, 0.3) is 0 Å². The minimum atomic E-state index is -0.0394. The van der Waals surface area contributed by atoms with Crippen LogP contribution < -0.4 is 0 Å². The van der Waals surface area contributed by atoms with Crippen LogP contribution in [0.15, 0.2) is 11.6 Å². The topological polar surface area (TPSA) is 17.1 Å². The standard InChI is InChI=1S/C12H18O/c1-9-6-7-12(8-9)10(2)4-3-5-11(12)13/h8,10H,3-7H2,1-2H3/t10-,12-/m1/s1. The molecule has 0 aromatic rings. The van der Waals surface area contributed by atoms with Gasteiger partial charge in [-0.05, 0) is 38.5 Å². The van der Waals surface area contributed by atoms with Crippen molar-refractivity contribution in [3.63, 3.8) is 0 Å². The molecule has 1 nitrogen and oxygen atoms in total. The highest BCUT2D eigenvalue weighted by Gasteiger charge is 2.45. The van der Waals surface area contributed by atoms with Crippen LogP contribution in [0.3, 0.4) is 0 Å². The third-order valence-electron chi connectivity index (χ3n) is 3.88. The fraction of sp³-hybridized carbons (Fsp3) is 0.750. The van der Waals surface area contributed by atoms with Crippen LogP contribution in [0.4, 0.5) is 0 Å². The first kappa shape index (κ1) is 8.98. The van der Waals surface area contributed by atoms with Crippen LogP contribution >= 0.6 is 0 Å². The molecule has 0 heterocycles. The van der Waals surface area contributed by atoms with E-state index in [0.29, 0.717) is 11.7 Å². The molecule has 0 unspecified atom stereocenters. The molecule has 1 fully saturated rings. The first-order valence-corrected chi connectivity index (χ1v) is 5.37. The highest BCUT2D eigenvalue weighted by molar-refractivity contribution is 5.88. The molecule has 2 aliphatic carbocycles. The lowest BCUT2D eigenvalue weighted by molar-refractivity contribution is -0.131. The number of carbonyl (C=O) groups excluding carboxylic acids is 1. The Kier molecular flexibility index (Phi) is 2.05. The van der Waals surface area contributed by atoms with Crippen LogP contribution in [-0.2, 0) is 4.79 Å². The summed E-state index contributed by atoms with van der Waals surface area (Å²) >= 11 is 0. The summed E-state index contributed by atoms with van der Waals surface area (Å²) in [6, 6.07) is 0. The van der Waals surface area contributed by atoms with E-state index >= 15 is 0 Å². The lowest BCUT2D eigenvalue weighted by Gasteiger charge is -2.36. The number of hydrogen-bond donors (Lipinski definition) is 0. The van der Waals surface area contributed by atoms with Crippen molar-refractivity contribution in [2.24, 2.45) is 11.3 Å². The van der Waals surface area contributed by atoms with E-state index in [-0.39, 0.29) is 5.41 Å². The lowest BCUT2D eigenvalue weighted by atomic mass is 9.66. The summed E-state index contributed by atoms with van der Waals surface area (Å²) in [4.78, 5) is 11.9.